The van der Waals surface area contributed by atoms with Gasteiger partial charge in [0.25, 0.3) is 5.91 Å². The molecule has 1 fully saturated rings. The van der Waals surface area contributed by atoms with Gasteiger partial charge in [0.05, 0.1) is 30.2 Å². The topological polar surface area (TPSA) is 106 Å². The van der Waals surface area contributed by atoms with Crippen molar-refractivity contribution in [1.29, 1.82) is 0 Å². The Morgan fingerprint density at radius 1 is 1.06 bits per heavy atom. The molecule has 0 spiro atoms. The highest BCUT2D eigenvalue weighted by atomic mass is 16.6. The molecule has 2 heterocycles. The number of aryl methyl sites for hydroxylation is 1. The molecule has 178 valence electrons. The number of para-hydroxylation sites is 1. The van der Waals surface area contributed by atoms with E-state index >= 15 is 0 Å². The van der Waals surface area contributed by atoms with Crippen LogP contribution >= 0.6 is 0 Å². The van der Waals surface area contributed by atoms with Gasteiger partial charge in [0.15, 0.2) is 0 Å². The molecule has 10 nitrogen and oxygen atoms in total. The molecule has 0 saturated carbocycles. The molecule has 1 aromatic heterocycles. The van der Waals surface area contributed by atoms with E-state index in [1.807, 2.05) is 13.0 Å². The average Bonchev–Trinajstić information content (AvgIpc) is 3.18. The highest BCUT2D eigenvalue weighted by molar-refractivity contribution is 6.06. The molecule has 1 aromatic carbocycles. The predicted octanol–water partition coefficient (Wildman–Crippen LogP) is 2.70. The number of nitrogens with zero attached hydrogens (tertiary/aromatic N) is 4. The number of aromatic nitrogens is 2. The quantitative estimate of drug-likeness (QED) is 0.685. The van der Waals surface area contributed by atoms with E-state index in [0.29, 0.717) is 62.1 Å². The van der Waals surface area contributed by atoms with E-state index < -0.39 is 6.04 Å². The monoisotopic (exact) mass is 457 g/mol. The largest absolute Gasteiger partial charge is 0.493 e. The Labute approximate surface area is 193 Å². The van der Waals surface area contributed by atoms with Gasteiger partial charge >= 0.3 is 6.09 Å². The zero-order chi connectivity index (χ0) is 24.0. The summed E-state index contributed by atoms with van der Waals surface area (Å²) in [5.41, 5.74) is 1.55. The fourth-order valence-electron chi connectivity index (χ4n) is 3.63. The van der Waals surface area contributed by atoms with Gasteiger partial charge in [0, 0.05) is 32.4 Å². The minimum Gasteiger partial charge on any atom is -0.493 e. The number of ether oxygens (including phenoxy) is 2. The Hall–Kier alpha value is -3.56. The average molecular weight is 458 g/mol. The smallest absolute Gasteiger partial charge is 0.409 e. The minimum absolute atomic E-state index is 0.0967. The molecule has 0 bridgehead atoms. The third-order valence-corrected chi connectivity index (χ3v) is 5.47. The summed E-state index contributed by atoms with van der Waals surface area (Å²) < 4.78 is 12.1. The van der Waals surface area contributed by atoms with E-state index in [0.717, 1.165) is 0 Å². The second kappa shape index (κ2) is 10.8. The number of carbonyl (C=O) groups excluding carboxylic acids is 3. The van der Waals surface area contributed by atoms with Crippen molar-refractivity contribution in [2.24, 2.45) is 0 Å². The van der Waals surface area contributed by atoms with Crippen molar-refractivity contribution in [3.8, 4) is 5.75 Å². The molecule has 1 unspecified atom stereocenters. The number of carbonyl (C=O) groups is 3. The highest BCUT2D eigenvalue weighted by Crippen LogP contribution is 2.22. The molecule has 1 atom stereocenters. The van der Waals surface area contributed by atoms with Crippen LogP contribution in [0.2, 0.25) is 0 Å². The fourth-order valence-corrected chi connectivity index (χ4v) is 3.63. The van der Waals surface area contributed by atoms with Crippen LogP contribution in [-0.2, 0) is 9.53 Å². The lowest BCUT2D eigenvalue weighted by Crippen LogP contribution is -2.52. The van der Waals surface area contributed by atoms with Gasteiger partial charge < -0.3 is 24.6 Å². The van der Waals surface area contributed by atoms with Crippen molar-refractivity contribution in [1.82, 2.24) is 19.6 Å². The van der Waals surface area contributed by atoms with Gasteiger partial charge in [-0.2, -0.15) is 5.10 Å². The number of hydrogen-bond donors (Lipinski definition) is 1. The molecule has 3 amide bonds. The molecule has 0 aliphatic carbocycles. The van der Waals surface area contributed by atoms with E-state index in [-0.39, 0.29) is 17.9 Å². The Morgan fingerprint density at radius 3 is 2.39 bits per heavy atom. The first kappa shape index (κ1) is 24.1. The third-order valence-electron chi connectivity index (χ3n) is 5.47. The first-order chi connectivity index (χ1) is 15.8. The highest BCUT2D eigenvalue weighted by Gasteiger charge is 2.29. The maximum atomic E-state index is 13.0. The standard InChI is InChI=1S/C23H31N5O5/c1-5-32-20-10-8-7-9-18(20)21(29)24-19-15-28(25-16(19)3)17(4)22(30)26-11-13-27(14-12-26)23(31)33-6-2/h7-10,15,17H,5-6,11-14H2,1-4H3,(H,24,29). The van der Waals surface area contributed by atoms with Crippen LogP contribution < -0.4 is 10.1 Å². The number of amides is 3. The maximum Gasteiger partial charge on any atom is 0.409 e. The van der Waals surface area contributed by atoms with E-state index in [2.05, 4.69) is 10.4 Å². The molecule has 0 radical (unpaired) electrons. The fraction of sp³-hybridized carbons (Fsp3) is 0.478. The summed E-state index contributed by atoms with van der Waals surface area (Å²) in [7, 11) is 0. The minimum atomic E-state index is -0.556. The Kier molecular flexibility index (Phi) is 7.92. The van der Waals surface area contributed by atoms with E-state index in [4.69, 9.17) is 9.47 Å². The molecule has 1 N–H and O–H groups in total. The summed E-state index contributed by atoms with van der Waals surface area (Å²) in [5.74, 6) is 0.101. The van der Waals surface area contributed by atoms with Crippen LogP contribution in [0.3, 0.4) is 0 Å². The second-order valence-corrected chi connectivity index (χ2v) is 7.68. The molecule has 33 heavy (non-hydrogen) atoms. The number of nitrogens with one attached hydrogen (secondary N) is 1. The van der Waals surface area contributed by atoms with Crippen LogP contribution in [0.1, 0.15) is 42.9 Å². The first-order valence-electron chi connectivity index (χ1n) is 11.1. The first-order valence-corrected chi connectivity index (χ1v) is 11.1. The third kappa shape index (κ3) is 5.63. The van der Waals surface area contributed by atoms with Crippen molar-refractivity contribution < 1.29 is 23.9 Å². The van der Waals surface area contributed by atoms with Crippen LogP contribution in [-0.4, -0.2) is 76.9 Å². The summed E-state index contributed by atoms with van der Waals surface area (Å²) in [6, 6.07) is 6.47. The van der Waals surface area contributed by atoms with Gasteiger partial charge in [-0.25, -0.2) is 4.79 Å². The summed E-state index contributed by atoms with van der Waals surface area (Å²) in [6.45, 7) is 9.65. The van der Waals surface area contributed by atoms with E-state index in [1.54, 1.807) is 59.6 Å². The molecular weight excluding hydrogens is 426 g/mol. The van der Waals surface area contributed by atoms with E-state index in [9.17, 15) is 14.4 Å². The van der Waals surface area contributed by atoms with Crippen molar-refractivity contribution >= 4 is 23.6 Å². The molecule has 1 saturated heterocycles. The lowest BCUT2D eigenvalue weighted by Gasteiger charge is -2.35. The van der Waals surface area contributed by atoms with Crippen LogP contribution in [0.15, 0.2) is 30.5 Å². The number of anilines is 1. The molecule has 1 aliphatic heterocycles. The number of hydrogen-bond acceptors (Lipinski definition) is 6. The molecule has 1 aliphatic rings. The van der Waals surface area contributed by atoms with Crippen molar-refractivity contribution in [3.05, 3.63) is 41.7 Å². The van der Waals surface area contributed by atoms with Crippen LogP contribution in [0, 0.1) is 6.92 Å². The Balaban J connectivity index is 1.64. The predicted molar refractivity (Wildman–Crippen MR) is 122 cm³/mol. The van der Waals surface area contributed by atoms with Crippen molar-refractivity contribution in [2.75, 3.05) is 44.7 Å². The summed E-state index contributed by atoms with van der Waals surface area (Å²) >= 11 is 0. The van der Waals surface area contributed by atoms with Gasteiger partial charge in [-0.1, -0.05) is 12.1 Å². The summed E-state index contributed by atoms with van der Waals surface area (Å²) in [5, 5.41) is 7.30. The second-order valence-electron chi connectivity index (χ2n) is 7.68. The lowest BCUT2D eigenvalue weighted by molar-refractivity contribution is -0.136. The van der Waals surface area contributed by atoms with Gasteiger partial charge in [0.2, 0.25) is 5.91 Å². The van der Waals surface area contributed by atoms with Gasteiger partial charge in [-0.3, -0.25) is 14.3 Å². The Morgan fingerprint density at radius 2 is 1.73 bits per heavy atom. The van der Waals surface area contributed by atoms with Crippen molar-refractivity contribution in [3.63, 3.8) is 0 Å². The summed E-state index contributed by atoms with van der Waals surface area (Å²) in [4.78, 5) is 41.0. The maximum absolute atomic E-state index is 13.0. The van der Waals surface area contributed by atoms with Crippen molar-refractivity contribution in [2.45, 2.75) is 33.7 Å². The molecule has 10 heteroatoms. The van der Waals surface area contributed by atoms with E-state index in [1.165, 1.54) is 0 Å². The van der Waals surface area contributed by atoms with Gasteiger partial charge in [-0.15, -0.1) is 0 Å². The molecular formula is C23H31N5O5. The summed E-state index contributed by atoms with van der Waals surface area (Å²) in [6.07, 6.45) is 1.31. The Bertz CT molecular complexity index is 997. The molecule has 2 aromatic rings. The SMILES string of the molecule is CCOC(=O)N1CCN(C(=O)C(C)n2cc(NC(=O)c3ccccc3OCC)c(C)n2)CC1. The normalized spacial score (nSPS) is 14.5. The lowest BCUT2D eigenvalue weighted by atomic mass is 10.2. The van der Waals surface area contributed by atoms with Crippen LogP contribution in [0.25, 0.3) is 0 Å². The number of rotatable bonds is 7. The molecule has 3 rings (SSSR count). The zero-order valence-electron chi connectivity index (χ0n) is 19.5. The van der Waals surface area contributed by atoms with Gasteiger partial charge in [-0.05, 0) is 39.8 Å². The number of benzene rings is 1. The number of piperazine rings is 1. The van der Waals surface area contributed by atoms with Gasteiger partial charge in [0.1, 0.15) is 11.8 Å². The van der Waals surface area contributed by atoms with Crippen LogP contribution in [0.5, 0.6) is 5.75 Å². The van der Waals surface area contributed by atoms with Crippen LogP contribution in [0.4, 0.5) is 10.5 Å². The zero-order valence-corrected chi connectivity index (χ0v) is 19.5.